The minimum absolute atomic E-state index is 0. The molecule has 12 heteroatoms. The van der Waals surface area contributed by atoms with Crippen LogP contribution in [0.25, 0.3) is 0 Å². The normalized spacial score (nSPS) is 11.1. The van der Waals surface area contributed by atoms with Gasteiger partial charge < -0.3 is 33.6 Å². The Hall–Kier alpha value is 3.49. The molecule has 160 valence electrons. The van der Waals surface area contributed by atoms with E-state index in [0.29, 0.717) is 6.42 Å². The molecule has 0 aromatic heterocycles. The second kappa shape index (κ2) is 26.7. The first kappa shape index (κ1) is 38.7. The molecule has 0 unspecified atom stereocenters. The molecular weight excluding hydrogens is 460 g/mol. The fraction of sp³-hybridized carbons (Fsp3) is 1.00. The van der Waals surface area contributed by atoms with E-state index >= 15 is 0 Å². The van der Waals surface area contributed by atoms with E-state index in [1.165, 1.54) is 70.6 Å². The predicted octanol–water partition coefficient (Wildman–Crippen LogP) is -2.61. The van der Waals surface area contributed by atoms with E-state index in [4.69, 9.17) is 19.2 Å². The van der Waals surface area contributed by atoms with E-state index in [1.54, 1.807) is 0 Å². The van der Waals surface area contributed by atoms with Crippen LogP contribution in [-0.2, 0) is 13.7 Å². The maximum absolute atomic E-state index is 10.2. The summed E-state index contributed by atoms with van der Waals surface area (Å²) in [5.74, 6) is 0. The van der Waals surface area contributed by atoms with Crippen molar-refractivity contribution < 1.29 is 141 Å². The molecule has 8 nitrogen and oxygen atoms in total. The van der Waals surface area contributed by atoms with Crippen molar-refractivity contribution in [1.82, 2.24) is 0 Å². The Labute approximate surface area is 255 Å². The summed E-state index contributed by atoms with van der Waals surface area (Å²) in [6.45, 7) is 2.29. The molecule has 0 aliphatic heterocycles. The molecule has 28 heavy (non-hydrogen) atoms. The van der Waals surface area contributed by atoms with Crippen molar-refractivity contribution in [2.24, 2.45) is 0 Å². The molecule has 0 aliphatic rings. The summed E-state index contributed by atoms with van der Waals surface area (Å²) in [4.78, 5) is 42.0. The quantitative estimate of drug-likeness (QED) is 0.120. The fourth-order valence-electron chi connectivity index (χ4n) is 2.47. The Bertz CT molecular complexity index is 383. The first-order valence-corrected chi connectivity index (χ1v) is 12.5. The number of rotatable bonds is 16. The molecule has 0 rings (SSSR count). The number of phosphoric ester groups is 1. The number of hydrogen-bond acceptors (Lipinski definition) is 5. The van der Waals surface area contributed by atoms with Crippen molar-refractivity contribution >= 4 is 15.6 Å². The van der Waals surface area contributed by atoms with Gasteiger partial charge in [0.25, 0.3) is 0 Å². The summed E-state index contributed by atoms with van der Waals surface area (Å²) in [5.41, 5.74) is 0. The van der Waals surface area contributed by atoms with E-state index in [1.807, 2.05) is 0 Å². The van der Waals surface area contributed by atoms with Crippen LogP contribution in [0.5, 0.6) is 0 Å². The molecule has 0 saturated heterocycles. The van der Waals surface area contributed by atoms with Gasteiger partial charge in [0, 0.05) is 0 Å². The molecule has 0 atom stereocenters. The van der Waals surface area contributed by atoms with Crippen LogP contribution in [0.4, 0.5) is 0 Å². The minimum Gasteiger partial charge on any atom is -0.790 e. The van der Waals surface area contributed by atoms with Gasteiger partial charge in [-0.1, -0.05) is 90.4 Å². The first-order chi connectivity index (χ1) is 12.1. The SMILES string of the molecule is CCCCCCCCCCCCCCCCOP(=O)([O-])[O-].O=P(O)(O)O.[K+].[K+]. The zero-order chi connectivity index (χ0) is 20.3. The van der Waals surface area contributed by atoms with Gasteiger partial charge in [-0.25, -0.2) is 4.57 Å². The summed E-state index contributed by atoms with van der Waals surface area (Å²) in [7, 11) is -9.39. The topological polar surface area (TPSA) is 150 Å². The maximum Gasteiger partial charge on any atom is 1.00 e. The van der Waals surface area contributed by atoms with Gasteiger partial charge in [0.1, 0.15) is 0 Å². The standard InChI is InChI=1S/C16H35O4P.2K.H3O4P/c1-2-3-4-5-6-7-8-9-10-11-12-13-14-15-16-20-21(17,18)19;;;1-5(2,3)4/h2-16H2,1H3,(H2,17,18,19);;;(H3,1,2,3,4)/q;2*+1;/p-2. The second-order valence-electron chi connectivity index (χ2n) is 6.39. The monoisotopic (exact) mass is 496 g/mol. The molecule has 0 aromatic rings. The van der Waals surface area contributed by atoms with E-state index < -0.39 is 15.6 Å². The second-order valence-corrected chi connectivity index (χ2v) is 8.57. The predicted molar refractivity (Wildman–Crippen MR) is 98.1 cm³/mol. The van der Waals surface area contributed by atoms with Crippen molar-refractivity contribution in [2.75, 3.05) is 6.61 Å². The Morgan fingerprint density at radius 1 is 0.643 bits per heavy atom. The Balaban J connectivity index is -0.000000364. The van der Waals surface area contributed by atoms with Gasteiger partial charge in [0.05, 0.1) is 14.4 Å². The molecule has 0 bridgehead atoms. The average molecular weight is 497 g/mol. The average Bonchev–Trinajstić information content (AvgIpc) is 2.48. The molecule has 0 aliphatic carbocycles. The van der Waals surface area contributed by atoms with Gasteiger partial charge >= 0.3 is 111 Å². The van der Waals surface area contributed by atoms with Gasteiger partial charge in [-0.15, -0.1) is 0 Å². The summed E-state index contributed by atoms with van der Waals surface area (Å²) >= 11 is 0. The molecule has 0 amide bonds. The molecule has 3 N–H and O–H groups in total. The van der Waals surface area contributed by atoms with Crippen LogP contribution in [0.15, 0.2) is 0 Å². The summed E-state index contributed by atoms with van der Waals surface area (Å²) < 4.78 is 23.3. The third-order valence-electron chi connectivity index (χ3n) is 3.75. The number of phosphoric acid groups is 2. The van der Waals surface area contributed by atoms with Crippen molar-refractivity contribution in [3.8, 4) is 0 Å². The van der Waals surface area contributed by atoms with E-state index in [2.05, 4.69) is 11.4 Å². The van der Waals surface area contributed by atoms with Crippen LogP contribution in [0.3, 0.4) is 0 Å². The molecule has 0 radical (unpaired) electrons. The van der Waals surface area contributed by atoms with Crippen LogP contribution in [-0.4, -0.2) is 21.3 Å². The third kappa shape index (κ3) is 51.8. The van der Waals surface area contributed by atoms with Crippen LogP contribution in [0.1, 0.15) is 96.8 Å². The molecule has 0 aromatic carbocycles. The maximum atomic E-state index is 10.2. The van der Waals surface area contributed by atoms with Crippen molar-refractivity contribution in [3.05, 3.63) is 0 Å². The summed E-state index contributed by atoms with van der Waals surface area (Å²) in [6, 6.07) is 0. The molecule has 0 saturated carbocycles. The van der Waals surface area contributed by atoms with Gasteiger partial charge in [0.2, 0.25) is 0 Å². The molecular formula is C16H36K2O8P2. The molecule has 0 heterocycles. The zero-order valence-corrected chi connectivity index (χ0v) is 25.9. The zero-order valence-electron chi connectivity index (χ0n) is 17.9. The largest absolute Gasteiger partial charge is 1.00 e. The van der Waals surface area contributed by atoms with Crippen LogP contribution in [0.2, 0.25) is 0 Å². The van der Waals surface area contributed by atoms with Crippen LogP contribution in [0, 0.1) is 0 Å². The van der Waals surface area contributed by atoms with Crippen LogP contribution >= 0.6 is 15.6 Å². The Morgan fingerprint density at radius 3 is 1.14 bits per heavy atom. The Morgan fingerprint density at radius 2 is 0.893 bits per heavy atom. The first-order valence-electron chi connectivity index (χ1n) is 9.51. The smallest absolute Gasteiger partial charge is 0.790 e. The van der Waals surface area contributed by atoms with Gasteiger partial charge in [-0.3, -0.25) is 0 Å². The van der Waals surface area contributed by atoms with Gasteiger partial charge in [-0.2, -0.15) is 0 Å². The summed E-state index contributed by atoms with van der Waals surface area (Å²) in [6.07, 6.45) is 17.4. The summed E-state index contributed by atoms with van der Waals surface area (Å²) in [5, 5.41) is 0. The fourth-order valence-corrected chi connectivity index (χ4v) is 2.83. The van der Waals surface area contributed by atoms with Crippen molar-refractivity contribution in [1.29, 1.82) is 0 Å². The number of unbranched alkanes of at least 4 members (excludes halogenated alkanes) is 13. The van der Waals surface area contributed by atoms with Crippen molar-refractivity contribution in [3.63, 3.8) is 0 Å². The molecule has 0 spiro atoms. The third-order valence-corrected chi connectivity index (χ3v) is 4.25. The van der Waals surface area contributed by atoms with Gasteiger partial charge in [0.15, 0.2) is 0 Å². The Kier molecular flexibility index (Phi) is 37.0. The van der Waals surface area contributed by atoms with E-state index in [-0.39, 0.29) is 109 Å². The van der Waals surface area contributed by atoms with Crippen molar-refractivity contribution in [2.45, 2.75) is 96.8 Å². The molecule has 0 fully saturated rings. The van der Waals surface area contributed by atoms with E-state index in [0.717, 1.165) is 12.8 Å². The van der Waals surface area contributed by atoms with E-state index in [9.17, 15) is 14.4 Å². The van der Waals surface area contributed by atoms with Gasteiger partial charge in [-0.05, 0) is 6.42 Å². The minimum atomic E-state index is -4.75. The van der Waals surface area contributed by atoms with Crippen LogP contribution < -0.4 is 113 Å². The number of hydrogen-bond donors (Lipinski definition) is 3.